The molecule has 1 aromatic heterocycles. The van der Waals surface area contributed by atoms with Gasteiger partial charge in [-0.25, -0.2) is 5.43 Å². The van der Waals surface area contributed by atoms with Crippen LogP contribution in [-0.2, 0) is 11.0 Å². The van der Waals surface area contributed by atoms with Crippen LogP contribution in [0.5, 0.6) is 5.75 Å². The lowest BCUT2D eigenvalue weighted by Crippen LogP contribution is -2.24. The zero-order valence-corrected chi connectivity index (χ0v) is 16.4. The Kier molecular flexibility index (Phi) is 6.47. The molecule has 0 aliphatic heterocycles. The van der Waals surface area contributed by atoms with Crippen molar-refractivity contribution in [2.24, 2.45) is 5.10 Å². The number of hydrogen-bond donors (Lipinski definition) is 1. The fourth-order valence-electron chi connectivity index (χ4n) is 2.48. The van der Waals surface area contributed by atoms with Crippen LogP contribution in [0.15, 0.2) is 64.1 Å². The molecule has 2 aromatic carbocycles. The molecule has 0 saturated heterocycles. The van der Waals surface area contributed by atoms with Crippen LogP contribution in [0.4, 0.5) is 13.2 Å². The summed E-state index contributed by atoms with van der Waals surface area (Å²) in [6.07, 6.45) is -3.20. The molecule has 156 valence electrons. The maximum atomic E-state index is 12.8. The molecule has 3 rings (SSSR count). The monoisotopic (exact) mass is 436 g/mol. The molecular weight excluding hydrogens is 421 g/mol. The minimum Gasteiger partial charge on any atom is -0.484 e. The molecule has 30 heavy (non-hydrogen) atoms. The van der Waals surface area contributed by atoms with Crippen LogP contribution in [-0.4, -0.2) is 18.7 Å². The highest BCUT2D eigenvalue weighted by Gasteiger charge is 2.30. The Bertz CT molecular complexity index is 1080. The average Bonchev–Trinajstić information content (AvgIpc) is 3.17. The van der Waals surface area contributed by atoms with E-state index in [0.717, 1.165) is 17.7 Å². The van der Waals surface area contributed by atoms with Gasteiger partial charge < -0.3 is 9.15 Å². The summed E-state index contributed by atoms with van der Waals surface area (Å²) in [5, 5.41) is 4.35. The second-order valence-electron chi connectivity index (χ2n) is 6.27. The first kappa shape index (κ1) is 21.4. The molecule has 1 N–H and O–H groups in total. The van der Waals surface area contributed by atoms with Gasteiger partial charge in [0, 0.05) is 10.6 Å². The number of hydrogen-bond acceptors (Lipinski definition) is 4. The predicted octanol–water partition coefficient (Wildman–Crippen LogP) is 5.46. The highest BCUT2D eigenvalue weighted by molar-refractivity contribution is 6.31. The van der Waals surface area contributed by atoms with Crippen LogP contribution < -0.4 is 10.2 Å². The first-order chi connectivity index (χ1) is 14.2. The molecule has 9 heteroatoms. The van der Waals surface area contributed by atoms with Crippen molar-refractivity contribution >= 4 is 23.7 Å². The van der Waals surface area contributed by atoms with Crippen molar-refractivity contribution in [3.8, 4) is 17.1 Å². The molecule has 0 spiro atoms. The largest absolute Gasteiger partial charge is 0.484 e. The van der Waals surface area contributed by atoms with E-state index in [2.05, 4.69) is 10.5 Å². The van der Waals surface area contributed by atoms with Crippen LogP contribution in [0.1, 0.15) is 16.9 Å². The second-order valence-corrected chi connectivity index (χ2v) is 6.68. The Labute approximate surface area is 175 Å². The topological polar surface area (TPSA) is 63.8 Å². The van der Waals surface area contributed by atoms with E-state index in [9.17, 15) is 18.0 Å². The van der Waals surface area contributed by atoms with Crippen molar-refractivity contribution in [2.75, 3.05) is 6.61 Å². The molecule has 1 amide bonds. The Morgan fingerprint density at radius 1 is 1.20 bits per heavy atom. The van der Waals surface area contributed by atoms with Crippen molar-refractivity contribution in [1.82, 2.24) is 5.43 Å². The number of aryl methyl sites for hydroxylation is 1. The smallest absolute Gasteiger partial charge is 0.416 e. The molecule has 0 aliphatic rings. The molecule has 3 aromatic rings. The zero-order chi connectivity index (χ0) is 21.7. The first-order valence-corrected chi connectivity index (χ1v) is 9.08. The second kappa shape index (κ2) is 9.04. The van der Waals surface area contributed by atoms with Gasteiger partial charge in [-0.3, -0.25) is 4.79 Å². The van der Waals surface area contributed by atoms with Gasteiger partial charge in [-0.05, 0) is 55.0 Å². The Morgan fingerprint density at radius 3 is 2.73 bits per heavy atom. The van der Waals surface area contributed by atoms with Gasteiger partial charge in [0.2, 0.25) is 0 Å². The number of benzene rings is 2. The third kappa shape index (κ3) is 5.64. The predicted molar refractivity (Wildman–Crippen MR) is 107 cm³/mol. The van der Waals surface area contributed by atoms with E-state index in [1.807, 2.05) is 6.92 Å². The third-order valence-corrected chi connectivity index (χ3v) is 4.41. The summed E-state index contributed by atoms with van der Waals surface area (Å²) >= 11 is 5.93. The number of amides is 1. The minimum absolute atomic E-state index is 0.246. The molecule has 0 aliphatic carbocycles. The standard InChI is InChI=1S/C21H16ClF3N2O3/c1-13-9-16(5-7-18(13)22)29-12-20(28)27-26-11-17-6-8-19(30-17)14-3-2-4-15(10-14)21(23,24)25/h2-11H,12H2,1H3,(H,27,28)/b26-11-. The normalized spacial score (nSPS) is 11.6. The SMILES string of the molecule is Cc1cc(OCC(=O)N/N=C\c2ccc(-c3cccc(C(F)(F)F)c3)o2)ccc1Cl. The Morgan fingerprint density at radius 2 is 2.00 bits per heavy atom. The average molecular weight is 437 g/mol. The van der Waals surface area contributed by atoms with Gasteiger partial charge in [0.15, 0.2) is 6.61 Å². The first-order valence-electron chi connectivity index (χ1n) is 8.71. The zero-order valence-electron chi connectivity index (χ0n) is 15.7. The summed E-state index contributed by atoms with van der Waals surface area (Å²) in [6.45, 7) is 1.56. The molecule has 0 bridgehead atoms. The quantitative estimate of drug-likeness (QED) is 0.412. The van der Waals surface area contributed by atoms with E-state index in [-0.39, 0.29) is 23.7 Å². The maximum Gasteiger partial charge on any atom is 0.416 e. The summed E-state index contributed by atoms with van der Waals surface area (Å²) in [6, 6.07) is 12.9. The Hall–Kier alpha value is -3.26. The summed E-state index contributed by atoms with van der Waals surface area (Å²) in [5.74, 6) is 0.503. The lowest BCUT2D eigenvalue weighted by atomic mass is 10.1. The molecule has 1 heterocycles. The van der Waals surface area contributed by atoms with E-state index in [4.69, 9.17) is 20.8 Å². The van der Waals surface area contributed by atoms with Crippen LogP contribution in [0.25, 0.3) is 11.3 Å². The number of nitrogens with one attached hydrogen (secondary N) is 1. The number of carbonyl (C=O) groups excluding carboxylic acids is 1. The number of rotatable bonds is 6. The minimum atomic E-state index is -4.44. The lowest BCUT2D eigenvalue weighted by Gasteiger charge is -2.07. The summed E-state index contributed by atoms with van der Waals surface area (Å²) < 4.78 is 49.3. The van der Waals surface area contributed by atoms with E-state index in [1.165, 1.54) is 30.5 Å². The molecule has 0 unspecified atom stereocenters. The molecule has 0 atom stereocenters. The summed E-state index contributed by atoms with van der Waals surface area (Å²) in [5.41, 5.74) is 2.61. The lowest BCUT2D eigenvalue weighted by molar-refractivity contribution is -0.137. The number of carbonyl (C=O) groups is 1. The number of furan rings is 1. The highest BCUT2D eigenvalue weighted by atomic mass is 35.5. The van der Waals surface area contributed by atoms with E-state index in [1.54, 1.807) is 18.2 Å². The molecule has 0 fully saturated rings. The number of alkyl halides is 3. The molecule has 0 radical (unpaired) electrons. The van der Waals surface area contributed by atoms with E-state index < -0.39 is 17.6 Å². The van der Waals surface area contributed by atoms with Crippen LogP contribution >= 0.6 is 11.6 Å². The number of ether oxygens (including phenoxy) is 1. The van der Waals surface area contributed by atoms with Crippen molar-refractivity contribution in [3.63, 3.8) is 0 Å². The van der Waals surface area contributed by atoms with Gasteiger partial charge in [-0.2, -0.15) is 18.3 Å². The summed E-state index contributed by atoms with van der Waals surface area (Å²) in [7, 11) is 0. The molecule has 0 saturated carbocycles. The van der Waals surface area contributed by atoms with Gasteiger partial charge in [0.05, 0.1) is 11.8 Å². The van der Waals surface area contributed by atoms with Crippen molar-refractivity contribution in [1.29, 1.82) is 0 Å². The molecule has 5 nitrogen and oxygen atoms in total. The van der Waals surface area contributed by atoms with Gasteiger partial charge in [0.1, 0.15) is 17.3 Å². The van der Waals surface area contributed by atoms with Crippen molar-refractivity contribution < 1.29 is 27.1 Å². The van der Waals surface area contributed by atoms with Gasteiger partial charge in [-0.1, -0.05) is 23.7 Å². The fraction of sp³-hybridized carbons (Fsp3) is 0.143. The summed E-state index contributed by atoms with van der Waals surface area (Å²) in [4.78, 5) is 11.8. The van der Waals surface area contributed by atoms with Crippen LogP contribution in [0.3, 0.4) is 0 Å². The van der Waals surface area contributed by atoms with Crippen LogP contribution in [0.2, 0.25) is 5.02 Å². The van der Waals surface area contributed by atoms with Crippen molar-refractivity contribution in [2.45, 2.75) is 13.1 Å². The number of nitrogens with zero attached hydrogens (tertiary/aromatic N) is 1. The number of hydrazone groups is 1. The van der Waals surface area contributed by atoms with E-state index >= 15 is 0 Å². The van der Waals surface area contributed by atoms with E-state index in [0.29, 0.717) is 10.8 Å². The molecular formula is C21H16ClF3N2O3. The van der Waals surface area contributed by atoms with Crippen LogP contribution in [0, 0.1) is 6.92 Å². The van der Waals surface area contributed by atoms with Gasteiger partial charge in [-0.15, -0.1) is 0 Å². The Balaban J connectivity index is 1.55. The van der Waals surface area contributed by atoms with Gasteiger partial charge >= 0.3 is 6.18 Å². The van der Waals surface area contributed by atoms with Gasteiger partial charge in [0.25, 0.3) is 5.91 Å². The van der Waals surface area contributed by atoms with Crippen molar-refractivity contribution in [3.05, 3.63) is 76.5 Å². The number of halogens is 4. The maximum absolute atomic E-state index is 12.8. The third-order valence-electron chi connectivity index (χ3n) is 3.98. The highest BCUT2D eigenvalue weighted by Crippen LogP contribution is 2.32. The fourth-order valence-corrected chi connectivity index (χ4v) is 2.60.